The summed E-state index contributed by atoms with van der Waals surface area (Å²) in [7, 11) is 0. The van der Waals surface area contributed by atoms with Crippen LogP contribution in [-0.4, -0.2) is 28.6 Å². The Kier molecular flexibility index (Phi) is 9.77. The van der Waals surface area contributed by atoms with E-state index in [1.807, 2.05) is 13.8 Å². The zero-order valence-corrected chi connectivity index (χ0v) is 14.7. The Morgan fingerprint density at radius 3 is 2.14 bits per heavy atom. The van der Waals surface area contributed by atoms with Gasteiger partial charge in [0.15, 0.2) is 6.29 Å². The molecule has 0 aliphatic carbocycles. The van der Waals surface area contributed by atoms with Gasteiger partial charge in [-0.25, -0.2) is 0 Å². The molecule has 22 heavy (non-hydrogen) atoms. The van der Waals surface area contributed by atoms with Gasteiger partial charge < -0.3 is 15.0 Å². The first-order valence-corrected chi connectivity index (χ1v) is 8.39. The van der Waals surface area contributed by atoms with E-state index < -0.39 is 6.29 Å². The lowest BCUT2D eigenvalue weighted by atomic mass is 9.82. The molecule has 2 N–H and O–H groups in total. The van der Waals surface area contributed by atoms with Crippen LogP contribution in [0.5, 0.6) is 0 Å². The van der Waals surface area contributed by atoms with Crippen LogP contribution in [-0.2, 0) is 9.59 Å². The molecular weight excluding hydrogens is 280 g/mol. The van der Waals surface area contributed by atoms with Gasteiger partial charge in [-0.05, 0) is 30.1 Å². The van der Waals surface area contributed by atoms with Crippen LogP contribution in [0.2, 0.25) is 0 Å². The van der Waals surface area contributed by atoms with Crippen molar-refractivity contribution in [2.45, 2.75) is 91.8 Å². The fourth-order valence-electron chi connectivity index (χ4n) is 2.63. The molecule has 0 aromatic heterocycles. The van der Waals surface area contributed by atoms with Crippen molar-refractivity contribution in [3.63, 3.8) is 0 Å². The second-order valence-electron chi connectivity index (χ2n) is 7.98. The molecule has 0 spiro atoms. The van der Waals surface area contributed by atoms with Gasteiger partial charge in [0.05, 0.1) is 0 Å². The van der Waals surface area contributed by atoms with Crippen LogP contribution in [0.4, 0.5) is 0 Å². The lowest BCUT2D eigenvalue weighted by Crippen LogP contribution is -2.21. The average Bonchev–Trinajstić information content (AvgIpc) is 2.34. The maximum atomic E-state index is 11.9. The molecule has 0 heterocycles. The number of hydrogen-bond acceptors (Lipinski definition) is 4. The van der Waals surface area contributed by atoms with Crippen LogP contribution in [0.25, 0.3) is 0 Å². The molecule has 0 rings (SSSR count). The van der Waals surface area contributed by atoms with Crippen molar-refractivity contribution in [3.8, 4) is 0 Å². The van der Waals surface area contributed by atoms with Crippen LogP contribution >= 0.6 is 0 Å². The van der Waals surface area contributed by atoms with Crippen molar-refractivity contribution in [1.82, 2.24) is 0 Å². The maximum absolute atomic E-state index is 11.9. The lowest BCUT2D eigenvalue weighted by Gasteiger charge is -2.25. The largest absolute Gasteiger partial charge is 0.368 e. The summed E-state index contributed by atoms with van der Waals surface area (Å²) >= 11 is 0. The van der Waals surface area contributed by atoms with Gasteiger partial charge >= 0.3 is 0 Å². The topological polar surface area (TPSA) is 74.6 Å². The third-order valence-electron chi connectivity index (χ3n) is 4.26. The first kappa shape index (κ1) is 21.3. The quantitative estimate of drug-likeness (QED) is 0.309. The first-order chi connectivity index (χ1) is 10.1. The monoisotopic (exact) mass is 314 g/mol. The Balaban J connectivity index is 3.76. The van der Waals surface area contributed by atoms with E-state index in [1.54, 1.807) is 0 Å². The molecule has 0 fully saturated rings. The summed E-state index contributed by atoms with van der Waals surface area (Å²) in [6, 6.07) is 0. The number of hydrogen-bond donors (Lipinski definition) is 2. The van der Waals surface area contributed by atoms with Crippen molar-refractivity contribution >= 4 is 12.1 Å². The summed E-state index contributed by atoms with van der Waals surface area (Å²) < 4.78 is 0. The highest BCUT2D eigenvalue weighted by atomic mass is 16.5. The second-order valence-corrected chi connectivity index (χ2v) is 7.98. The normalized spacial score (nSPS) is 12.7. The van der Waals surface area contributed by atoms with Crippen molar-refractivity contribution < 1.29 is 19.8 Å². The van der Waals surface area contributed by atoms with E-state index in [0.717, 1.165) is 32.0 Å². The lowest BCUT2D eigenvalue weighted by molar-refractivity contribution is -0.120. The molecule has 130 valence electrons. The van der Waals surface area contributed by atoms with E-state index in [1.165, 1.54) is 0 Å². The smallest absolute Gasteiger partial charge is 0.151 e. The van der Waals surface area contributed by atoms with E-state index in [-0.39, 0.29) is 16.6 Å². The maximum Gasteiger partial charge on any atom is 0.151 e. The highest BCUT2D eigenvalue weighted by Gasteiger charge is 2.22. The van der Waals surface area contributed by atoms with Gasteiger partial charge in [-0.2, -0.15) is 0 Å². The minimum absolute atomic E-state index is 0.0704. The van der Waals surface area contributed by atoms with Gasteiger partial charge in [0, 0.05) is 25.7 Å². The van der Waals surface area contributed by atoms with E-state index in [0.29, 0.717) is 32.1 Å². The summed E-state index contributed by atoms with van der Waals surface area (Å²) in [5.74, 6) is 0.257. The second kappa shape index (κ2) is 10.1. The zero-order chi connectivity index (χ0) is 17.2. The molecule has 0 amide bonds. The number of aliphatic hydroxyl groups excluding tert-OH is 1. The van der Waals surface area contributed by atoms with E-state index in [2.05, 4.69) is 13.8 Å². The van der Waals surface area contributed by atoms with Crippen molar-refractivity contribution in [2.24, 2.45) is 10.8 Å². The molecule has 0 aliphatic heterocycles. The molecule has 0 bridgehead atoms. The highest BCUT2D eigenvalue weighted by molar-refractivity contribution is 5.78. The number of carbonyl (C=O) groups is 2. The van der Waals surface area contributed by atoms with Gasteiger partial charge in [0.25, 0.3) is 0 Å². The summed E-state index contributed by atoms with van der Waals surface area (Å²) in [6.07, 6.45) is 6.36. The number of ketones is 1. The third-order valence-corrected chi connectivity index (χ3v) is 4.26. The van der Waals surface area contributed by atoms with Crippen molar-refractivity contribution in [1.29, 1.82) is 0 Å². The molecule has 4 heteroatoms. The molecule has 0 aromatic rings. The minimum atomic E-state index is -1.31. The number of unbranched alkanes of at least 4 members (excludes halogenated alkanes) is 2. The highest BCUT2D eigenvalue weighted by Crippen LogP contribution is 2.29. The first-order valence-electron chi connectivity index (χ1n) is 8.39. The Morgan fingerprint density at radius 1 is 0.955 bits per heavy atom. The number of Topliss-reactive ketones (excluding diaryl/α,β-unsaturated/α-hetero) is 1. The fraction of sp³-hybridized carbons (Fsp3) is 0.889. The Labute approximate surface area is 135 Å². The summed E-state index contributed by atoms with van der Waals surface area (Å²) in [4.78, 5) is 22.4. The predicted molar refractivity (Wildman–Crippen MR) is 88.4 cm³/mol. The van der Waals surface area contributed by atoms with E-state index in [9.17, 15) is 9.59 Å². The number of rotatable bonds is 13. The van der Waals surface area contributed by atoms with Gasteiger partial charge in [-0.1, -0.05) is 40.5 Å². The summed E-state index contributed by atoms with van der Waals surface area (Å²) in [5, 5.41) is 18.0. The van der Waals surface area contributed by atoms with E-state index >= 15 is 0 Å². The Hall–Kier alpha value is -0.740. The fourth-order valence-corrected chi connectivity index (χ4v) is 2.63. The van der Waals surface area contributed by atoms with Gasteiger partial charge in [0.2, 0.25) is 0 Å². The van der Waals surface area contributed by atoms with Crippen LogP contribution < -0.4 is 0 Å². The summed E-state index contributed by atoms with van der Waals surface area (Å²) in [6.45, 7) is 8.11. The van der Waals surface area contributed by atoms with E-state index in [4.69, 9.17) is 10.2 Å². The molecular formula is C18H34O4. The molecule has 0 saturated heterocycles. The van der Waals surface area contributed by atoms with Crippen molar-refractivity contribution in [2.75, 3.05) is 0 Å². The van der Waals surface area contributed by atoms with Crippen LogP contribution in [0, 0.1) is 10.8 Å². The number of aldehydes is 1. The number of aliphatic hydroxyl groups is 2. The SMILES string of the molecule is CC(C)(CC=O)CCCCCC(=O)CCC(C)(C)CC(O)O. The standard InChI is InChI=1S/C18H34O4/c1-17(2,12-13-19)10-7-5-6-8-15(20)9-11-18(3,4)14-16(21)22/h13,16,21-22H,5-12,14H2,1-4H3. The van der Waals surface area contributed by atoms with Gasteiger partial charge in [-0.3, -0.25) is 4.79 Å². The van der Waals surface area contributed by atoms with Crippen LogP contribution in [0.15, 0.2) is 0 Å². The van der Waals surface area contributed by atoms with Gasteiger partial charge in [0.1, 0.15) is 12.1 Å². The zero-order valence-electron chi connectivity index (χ0n) is 14.7. The van der Waals surface area contributed by atoms with Gasteiger partial charge in [-0.15, -0.1) is 0 Å². The Morgan fingerprint density at radius 2 is 1.59 bits per heavy atom. The molecule has 0 unspecified atom stereocenters. The molecule has 0 radical (unpaired) electrons. The average molecular weight is 314 g/mol. The third kappa shape index (κ3) is 11.9. The predicted octanol–water partition coefficient (Wildman–Crippen LogP) is 3.63. The van der Waals surface area contributed by atoms with Crippen LogP contribution in [0.3, 0.4) is 0 Å². The molecule has 4 nitrogen and oxygen atoms in total. The molecule has 0 aliphatic rings. The summed E-state index contributed by atoms with van der Waals surface area (Å²) in [5.41, 5.74) is -0.149. The van der Waals surface area contributed by atoms with Crippen LogP contribution in [0.1, 0.15) is 85.5 Å². The Bertz CT molecular complexity index is 332. The minimum Gasteiger partial charge on any atom is -0.368 e. The number of carbonyl (C=O) groups excluding carboxylic acids is 2. The molecule has 0 atom stereocenters. The molecule has 0 aromatic carbocycles. The molecule has 0 saturated carbocycles. The van der Waals surface area contributed by atoms with Crippen molar-refractivity contribution in [3.05, 3.63) is 0 Å².